The normalized spacial score (nSPS) is 9.00. The van der Waals surface area contributed by atoms with E-state index >= 15 is 0 Å². The smallest absolute Gasteiger partial charge is 0.0964 e. The molecule has 0 atom stereocenters. The van der Waals surface area contributed by atoms with Crippen LogP contribution in [0.2, 0.25) is 0 Å². The lowest BCUT2D eigenvalue weighted by Gasteiger charge is -1.89. The molecule has 12 heavy (non-hydrogen) atoms. The van der Waals surface area contributed by atoms with Crippen LogP contribution in [0, 0.1) is 0 Å². The van der Waals surface area contributed by atoms with Gasteiger partial charge in [-0.1, -0.05) is 19.1 Å². The fraction of sp³-hybridized carbons (Fsp3) is 0.750. The zero-order valence-electron chi connectivity index (χ0n) is 8.33. The molecule has 4 nitrogen and oxygen atoms in total. The molecule has 0 radical (unpaired) electrons. The van der Waals surface area contributed by atoms with Crippen LogP contribution in [0.15, 0.2) is 6.20 Å². The second-order valence-electron chi connectivity index (χ2n) is 2.10. The Hall–Kier alpha value is -0.900. The summed E-state index contributed by atoms with van der Waals surface area (Å²) in [5.74, 6) is 0. The lowest BCUT2D eigenvalue weighted by Crippen LogP contribution is -2.04. The average Bonchev–Trinajstić information content (AvgIpc) is 2.57. The first kappa shape index (κ1) is 11.1. The van der Waals surface area contributed by atoms with Gasteiger partial charge in [-0.2, -0.15) is 0 Å². The molecule has 0 aromatic carbocycles. The summed E-state index contributed by atoms with van der Waals surface area (Å²) in [5.41, 5.74) is 0.990. The van der Waals surface area contributed by atoms with Crippen LogP contribution in [0.25, 0.3) is 0 Å². The Morgan fingerprint density at radius 2 is 2.17 bits per heavy atom. The topological polar surface area (TPSA) is 42.7 Å². The first-order chi connectivity index (χ1) is 5.86. The number of hydrogen-bond acceptors (Lipinski definition) is 3. The Morgan fingerprint density at radius 1 is 1.50 bits per heavy atom. The highest BCUT2D eigenvalue weighted by atomic mass is 15.4. The van der Waals surface area contributed by atoms with E-state index in [2.05, 4.69) is 15.6 Å². The van der Waals surface area contributed by atoms with Gasteiger partial charge in [0.2, 0.25) is 0 Å². The highest BCUT2D eigenvalue weighted by Gasteiger charge is 1.95. The summed E-state index contributed by atoms with van der Waals surface area (Å²) >= 11 is 0. The highest BCUT2D eigenvalue weighted by molar-refractivity contribution is 4.90. The Kier molecular flexibility index (Phi) is 6.28. The van der Waals surface area contributed by atoms with Crippen molar-refractivity contribution >= 4 is 0 Å². The molecule has 0 spiro atoms. The van der Waals surface area contributed by atoms with E-state index in [0.717, 1.165) is 18.8 Å². The third-order valence-corrected chi connectivity index (χ3v) is 1.27. The number of rotatable bonds is 3. The molecule has 0 fully saturated rings. The average molecular weight is 170 g/mol. The van der Waals surface area contributed by atoms with Gasteiger partial charge in [0.05, 0.1) is 5.69 Å². The molecule has 0 saturated heterocycles. The summed E-state index contributed by atoms with van der Waals surface area (Å²) in [4.78, 5) is 0. The predicted octanol–water partition coefficient (Wildman–Crippen LogP) is 1.04. The van der Waals surface area contributed by atoms with Gasteiger partial charge in [0, 0.05) is 19.3 Å². The van der Waals surface area contributed by atoms with E-state index in [1.165, 1.54) is 0 Å². The monoisotopic (exact) mass is 170 g/mol. The molecular formula is C8H18N4. The van der Waals surface area contributed by atoms with Crippen LogP contribution in [-0.2, 0) is 13.1 Å². The van der Waals surface area contributed by atoms with Gasteiger partial charge in [0.25, 0.3) is 0 Å². The molecule has 0 aliphatic rings. The quantitative estimate of drug-likeness (QED) is 0.737. The van der Waals surface area contributed by atoms with Crippen LogP contribution in [0.4, 0.5) is 0 Å². The van der Waals surface area contributed by atoms with Crippen LogP contribution in [0.1, 0.15) is 26.5 Å². The van der Waals surface area contributed by atoms with Gasteiger partial charge in [-0.3, -0.25) is 4.68 Å². The Balaban J connectivity index is 0.000000561. The van der Waals surface area contributed by atoms with Crippen molar-refractivity contribution in [3.8, 4) is 0 Å². The maximum atomic E-state index is 3.93. The van der Waals surface area contributed by atoms with Gasteiger partial charge >= 0.3 is 0 Å². The van der Waals surface area contributed by atoms with Crippen molar-refractivity contribution in [3.63, 3.8) is 0 Å². The number of nitrogens with one attached hydrogen (secondary N) is 1. The minimum Gasteiger partial charge on any atom is -0.314 e. The molecule has 0 amide bonds. The highest BCUT2D eigenvalue weighted by Crippen LogP contribution is 1.90. The standard InChI is InChI=1S/C6H12N4.C2H6/c1-3-10-5-6(4-7-2)8-9-10;1-2/h5,7H,3-4H2,1-2H3;1-2H3. The number of aryl methyl sites for hydroxylation is 1. The molecule has 1 rings (SSSR count). The Bertz CT molecular complexity index is 195. The third kappa shape index (κ3) is 3.48. The van der Waals surface area contributed by atoms with Crippen LogP contribution in [0.3, 0.4) is 0 Å². The summed E-state index contributed by atoms with van der Waals surface area (Å²) in [6.07, 6.45) is 1.94. The molecule has 4 heteroatoms. The maximum Gasteiger partial charge on any atom is 0.0964 e. The maximum absolute atomic E-state index is 3.93. The van der Waals surface area contributed by atoms with Crippen molar-refractivity contribution in [2.45, 2.75) is 33.9 Å². The predicted molar refractivity (Wildman–Crippen MR) is 49.8 cm³/mol. The summed E-state index contributed by atoms with van der Waals surface area (Å²) < 4.78 is 1.81. The fourth-order valence-electron chi connectivity index (χ4n) is 0.755. The zero-order valence-corrected chi connectivity index (χ0v) is 8.33. The summed E-state index contributed by atoms with van der Waals surface area (Å²) in [6, 6.07) is 0. The third-order valence-electron chi connectivity index (χ3n) is 1.27. The summed E-state index contributed by atoms with van der Waals surface area (Å²) in [5, 5.41) is 10.8. The van der Waals surface area contributed by atoms with Gasteiger partial charge in [-0.15, -0.1) is 5.10 Å². The van der Waals surface area contributed by atoms with Crippen LogP contribution in [0.5, 0.6) is 0 Å². The Morgan fingerprint density at radius 3 is 2.58 bits per heavy atom. The molecule has 0 aliphatic carbocycles. The van der Waals surface area contributed by atoms with E-state index in [1.54, 1.807) is 0 Å². The van der Waals surface area contributed by atoms with Crippen LogP contribution < -0.4 is 5.32 Å². The second-order valence-corrected chi connectivity index (χ2v) is 2.10. The fourth-order valence-corrected chi connectivity index (χ4v) is 0.755. The summed E-state index contributed by atoms with van der Waals surface area (Å²) in [7, 11) is 1.89. The first-order valence-electron chi connectivity index (χ1n) is 4.40. The van der Waals surface area contributed by atoms with Gasteiger partial charge in [0.15, 0.2) is 0 Å². The number of aromatic nitrogens is 3. The van der Waals surface area contributed by atoms with E-state index in [-0.39, 0.29) is 0 Å². The van der Waals surface area contributed by atoms with Gasteiger partial charge in [0.1, 0.15) is 0 Å². The lowest BCUT2D eigenvalue weighted by atomic mass is 10.5. The second kappa shape index (κ2) is 6.79. The van der Waals surface area contributed by atoms with Crippen molar-refractivity contribution in [1.29, 1.82) is 0 Å². The van der Waals surface area contributed by atoms with Gasteiger partial charge in [-0.25, -0.2) is 0 Å². The van der Waals surface area contributed by atoms with Crippen molar-refractivity contribution in [3.05, 3.63) is 11.9 Å². The largest absolute Gasteiger partial charge is 0.314 e. The SMILES string of the molecule is CC.CCn1cc(CNC)nn1. The first-order valence-corrected chi connectivity index (χ1v) is 4.40. The molecule has 0 aliphatic heterocycles. The van der Waals surface area contributed by atoms with Crippen LogP contribution >= 0.6 is 0 Å². The number of nitrogens with zero attached hydrogens (tertiary/aromatic N) is 3. The molecule has 0 bridgehead atoms. The molecule has 1 heterocycles. The molecule has 70 valence electrons. The molecule has 1 aromatic heterocycles. The van der Waals surface area contributed by atoms with Crippen molar-refractivity contribution in [1.82, 2.24) is 20.3 Å². The summed E-state index contributed by atoms with van der Waals surface area (Å²) in [6.45, 7) is 7.72. The Labute approximate surface area is 74.0 Å². The zero-order chi connectivity index (χ0) is 9.40. The van der Waals surface area contributed by atoms with Gasteiger partial charge in [-0.05, 0) is 14.0 Å². The number of hydrogen-bond donors (Lipinski definition) is 1. The minimum atomic E-state index is 0.792. The van der Waals surface area contributed by atoms with E-state index in [1.807, 2.05) is 38.7 Å². The minimum absolute atomic E-state index is 0.792. The van der Waals surface area contributed by atoms with E-state index in [0.29, 0.717) is 0 Å². The van der Waals surface area contributed by atoms with Crippen LogP contribution in [-0.4, -0.2) is 22.0 Å². The van der Waals surface area contributed by atoms with E-state index < -0.39 is 0 Å². The van der Waals surface area contributed by atoms with Crippen molar-refractivity contribution in [2.24, 2.45) is 0 Å². The lowest BCUT2D eigenvalue weighted by molar-refractivity contribution is 0.626. The molecule has 0 saturated carbocycles. The van der Waals surface area contributed by atoms with Crippen molar-refractivity contribution in [2.75, 3.05) is 7.05 Å². The van der Waals surface area contributed by atoms with Gasteiger partial charge < -0.3 is 5.32 Å². The molecule has 1 N–H and O–H groups in total. The van der Waals surface area contributed by atoms with E-state index in [4.69, 9.17) is 0 Å². The molecule has 1 aromatic rings. The van der Waals surface area contributed by atoms with Crippen molar-refractivity contribution < 1.29 is 0 Å². The molecule has 0 unspecified atom stereocenters. The molecular weight excluding hydrogens is 152 g/mol. The van der Waals surface area contributed by atoms with E-state index in [9.17, 15) is 0 Å².